The maximum atomic E-state index is 12.4. The molecule has 0 aliphatic carbocycles. The van der Waals surface area contributed by atoms with Crippen molar-refractivity contribution < 1.29 is 17.9 Å². The minimum Gasteiger partial charge on any atom is -0.495 e. The van der Waals surface area contributed by atoms with Crippen LogP contribution in [0.5, 0.6) is 5.75 Å². The van der Waals surface area contributed by atoms with E-state index in [2.05, 4.69) is 5.32 Å². The topological polar surface area (TPSA) is 75.7 Å². The van der Waals surface area contributed by atoms with E-state index in [4.69, 9.17) is 4.74 Å². The quantitative estimate of drug-likeness (QED) is 0.825. The maximum absolute atomic E-state index is 12.4. The summed E-state index contributed by atoms with van der Waals surface area (Å²) in [6.45, 7) is 5.92. The van der Waals surface area contributed by atoms with Crippen LogP contribution in [0.3, 0.4) is 0 Å². The number of benzene rings is 1. The molecule has 1 N–H and O–H groups in total. The highest BCUT2D eigenvalue weighted by Crippen LogP contribution is 2.27. The molecule has 0 atom stereocenters. The molecule has 0 aliphatic rings. The Kier molecular flexibility index (Phi) is 6.18. The van der Waals surface area contributed by atoms with Gasteiger partial charge in [0.1, 0.15) is 10.6 Å². The van der Waals surface area contributed by atoms with E-state index in [0.717, 1.165) is 17.1 Å². The second-order valence-electron chi connectivity index (χ2n) is 6.24. The first-order valence-corrected chi connectivity index (χ1v) is 8.92. The zero-order valence-corrected chi connectivity index (χ0v) is 15.5. The minimum absolute atomic E-state index is 0.0223. The lowest BCUT2D eigenvalue weighted by molar-refractivity contribution is 0.0908. The summed E-state index contributed by atoms with van der Waals surface area (Å²) < 4.78 is 31.0. The molecular weight excluding hydrogens is 316 g/mol. The Bertz CT molecular complexity index is 667. The summed E-state index contributed by atoms with van der Waals surface area (Å²) in [5.74, 6) is -0.0932. The molecule has 0 radical (unpaired) electrons. The fourth-order valence-corrected chi connectivity index (χ4v) is 3.36. The van der Waals surface area contributed by atoms with Crippen molar-refractivity contribution >= 4 is 15.9 Å². The Morgan fingerprint density at radius 3 is 2.39 bits per heavy atom. The molecule has 1 amide bonds. The summed E-state index contributed by atoms with van der Waals surface area (Å²) in [6.07, 6.45) is 1.77. The van der Waals surface area contributed by atoms with E-state index >= 15 is 0 Å². The first kappa shape index (κ1) is 19.4. The molecule has 130 valence electrons. The second-order valence-corrected chi connectivity index (χ2v) is 8.36. The summed E-state index contributed by atoms with van der Waals surface area (Å²) in [5.41, 5.74) is -0.0674. The zero-order chi connectivity index (χ0) is 17.8. The number of rotatable bonds is 7. The Morgan fingerprint density at radius 2 is 1.91 bits per heavy atom. The molecule has 0 fully saturated rings. The van der Waals surface area contributed by atoms with Gasteiger partial charge in [-0.15, -0.1) is 0 Å². The number of methoxy groups -OCH3 is 1. The first-order valence-electron chi connectivity index (χ1n) is 7.48. The molecule has 0 heterocycles. The summed E-state index contributed by atoms with van der Waals surface area (Å²) in [7, 11) is 0.568. The van der Waals surface area contributed by atoms with E-state index in [1.54, 1.807) is 6.07 Å². The van der Waals surface area contributed by atoms with Crippen LogP contribution in [-0.2, 0) is 10.0 Å². The number of nitrogens with one attached hydrogen (secondary N) is 1. The highest BCUT2D eigenvalue weighted by atomic mass is 32.2. The Labute approximate surface area is 138 Å². The lowest BCUT2D eigenvalue weighted by atomic mass is 9.98. The van der Waals surface area contributed by atoms with Crippen molar-refractivity contribution in [3.8, 4) is 5.75 Å². The van der Waals surface area contributed by atoms with Crippen LogP contribution in [0.25, 0.3) is 0 Å². The van der Waals surface area contributed by atoms with Gasteiger partial charge in [-0.1, -0.05) is 13.3 Å². The van der Waals surface area contributed by atoms with Gasteiger partial charge in [0.05, 0.1) is 7.11 Å². The van der Waals surface area contributed by atoms with Crippen LogP contribution in [-0.4, -0.2) is 45.4 Å². The van der Waals surface area contributed by atoms with Crippen molar-refractivity contribution in [2.45, 2.75) is 44.0 Å². The van der Waals surface area contributed by atoms with Crippen LogP contribution < -0.4 is 10.1 Å². The number of nitrogens with zero attached hydrogens (tertiary/aromatic N) is 1. The summed E-state index contributed by atoms with van der Waals surface area (Å²) in [4.78, 5) is 12.4. The van der Waals surface area contributed by atoms with Crippen LogP contribution in [0.1, 0.15) is 44.0 Å². The van der Waals surface area contributed by atoms with Gasteiger partial charge in [-0.05, 0) is 38.5 Å². The molecule has 0 bridgehead atoms. The predicted octanol–water partition coefficient (Wildman–Crippen LogP) is 2.25. The third kappa shape index (κ3) is 4.68. The molecule has 0 spiro atoms. The van der Waals surface area contributed by atoms with Crippen molar-refractivity contribution in [2.75, 3.05) is 21.2 Å². The number of amides is 1. The number of carbonyl (C=O) groups is 1. The van der Waals surface area contributed by atoms with E-state index in [1.165, 1.54) is 33.3 Å². The Balaban J connectivity index is 3.24. The molecule has 1 aromatic rings. The lowest BCUT2D eigenvalue weighted by Crippen LogP contribution is -2.43. The van der Waals surface area contributed by atoms with Gasteiger partial charge in [-0.3, -0.25) is 4.79 Å². The van der Waals surface area contributed by atoms with Gasteiger partial charge in [0, 0.05) is 25.2 Å². The molecule has 0 saturated carbocycles. The molecule has 7 heteroatoms. The summed E-state index contributed by atoms with van der Waals surface area (Å²) in [5, 5.41) is 2.93. The number of ether oxygens (including phenoxy) is 1. The fourth-order valence-electron chi connectivity index (χ4n) is 2.28. The Hall–Kier alpha value is -1.60. The van der Waals surface area contributed by atoms with Crippen LogP contribution in [0.15, 0.2) is 23.1 Å². The van der Waals surface area contributed by atoms with Gasteiger partial charge in [0.25, 0.3) is 5.91 Å². The predicted molar refractivity (Wildman–Crippen MR) is 90.3 cm³/mol. The third-order valence-corrected chi connectivity index (χ3v) is 5.35. The molecule has 1 aromatic carbocycles. The van der Waals surface area contributed by atoms with Crippen molar-refractivity contribution in [3.63, 3.8) is 0 Å². The van der Waals surface area contributed by atoms with E-state index in [1.807, 2.05) is 20.8 Å². The molecule has 0 saturated heterocycles. The van der Waals surface area contributed by atoms with E-state index in [-0.39, 0.29) is 27.7 Å². The molecule has 0 aromatic heterocycles. The van der Waals surface area contributed by atoms with Gasteiger partial charge in [-0.25, -0.2) is 12.7 Å². The number of hydrogen-bond donors (Lipinski definition) is 1. The van der Waals surface area contributed by atoms with Crippen molar-refractivity contribution in [1.29, 1.82) is 0 Å². The van der Waals surface area contributed by atoms with E-state index in [0.29, 0.717) is 0 Å². The van der Waals surface area contributed by atoms with Crippen LogP contribution >= 0.6 is 0 Å². The van der Waals surface area contributed by atoms with Crippen molar-refractivity contribution in [1.82, 2.24) is 9.62 Å². The number of carbonyl (C=O) groups excluding carboxylic acids is 1. The van der Waals surface area contributed by atoms with Crippen molar-refractivity contribution in [3.05, 3.63) is 23.8 Å². The maximum Gasteiger partial charge on any atom is 0.251 e. The Morgan fingerprint density at radius 1 is 1.30 bits per heavy atom. The molecular formula is C16H26N2O4S. The first-order chi connectivity index (χ1) is 10.5. The number of sulfonamides is 1. The van der Waals surface area contributed by atoms with Crippen molar-refractivity contribution in [2.24, 2.45) is 0 Å². The van der Waals surface area contributed by atoms with Gasteiger partial charge >= 0.3 is 0 Å². The van der Waals surface area contributed by atoms with Crippen LogP contribution in [0.4, 0.5) is 0 Å². The minimum atomic E-state index is -3.70. The van der Waals surface area contributed by atoms with Gasteiger partial charge in [-0.2, -0.15) is 0 Å². The van der Waals surface area contributed by atoms with E-state index in [9.17, 15) is 13.2 Å². The molecule has 0 aliphatic heterocycles. The average Bonchev–Trinajstić information content (AvgIpc) is 2.45. The zero-order valence-electron chi connectivity index (χ0n) is 14.6. The van der Waals surface area contributed by atoms with Gasteiger partial charge < -0.3 is 10.1 Å². The van der Waals surface area contributed by atoms with Gasteiger partial charge in [0.15, 0.2) is 0 Å². The lowest BCUT2D eigenvalue weighted by Gasteiger charge is -2.26. The molecule has 0 unspecified atom stereocenters. The molecule has 23 heavy (non-hydrogen) atoms. The summed E-state index contributed by atoms with van der Waals surface area (Å²) >= 11 is 0. The monoisotopic (exact) mass is 342 g/mol. The van der Waals surface area contributed by atoms with Crippen LogP contribution in [0, 0.1) is 0 Å². The second kappa shape index (κ2) is 7.31. The normalized spacial score (nSPS) is 12.3. The van der Waals surface area contributed by atoms with Crippen LogP contribution in [0.2, 0.25) is 0 Å². The molecule has 6 nitrogen and oxygen atoms in total. The average molecular weight is 342 g/mol. The highest BCUT2D eigenvalue weighted by molar-refractivity contribution is 7.89. The fraction of sp³-hybridized carbons (Fsp3) is 0.562. The smallest absolute Gasteiger partial charge is 0.251 e. The molecule has 1 rings (SSSR count). The third-order valence-electron chi connectivity index (χ3n) is 3.51. The SMILES string of the molecule is CCCC(C)(C)NC(=O)c1ccc(OC)c(S(=O)(=O)N(C)C)c1. The number of hydrogen-bond acceptors (Lipinski definition) is 4. The van der Waals surface area contributed by atoms with E-state index < -0.39 is 10.0 Å². The van der Waals surface area contributed by atoms with Gasteiger partial charge in [0.2, 0.25) is 10.0 Å². The summed E-state index contributed by atoms with van der Waals surface area (Å²) in [6, 6.07) is 4.41. The standard InChI is InChI=1S/C16H26N2O4S/c1-7-10-16(2,3)17-15(19)12-8-9-13(22-6)14(11-12)23(20,21)18(4)5/h8-9,11H,7,10H2,1-6H3,(H,17,19). The highest BCUT2D eigenvalue weighted by Gasteiger charge is 2.25. The largest absolute Gasteiger partial charge is 0.495 e.